The molecular formula is C40H22. The molecule has 16 rings (SSSR count). The van der Waals surface area contributed by atoms with Crippen molar-refractivity contribution in [3.05, 3.63) is 55.6 Å². The van der Waals surface area contributed by atoms with E-state index in [-0.39, 0.29) is 0 Å². The highest BCUT2D eigenvalue weighted by Gasteiger charge is 2.49. The van der Waals surface area contributed by atoms with Crippen molar-refractivity contribution < 1.29 is 0 Å². The maximum atomic E-state index is 1.86. The second kappa shape index (κ2) is 4.50. The highest BCUT2D eigenvalue weighted by Crippen LogP contribution is 2.71. The van der Waals surface area contributed by atoms with Gasteiger partial charge in [0, 0.05) is 0 Å². The van der Waals surface area contributed by atoms with E-state index >= 15 is 0 Å². The molecular weight excluding hydrogens is 480 g/mol. The van der Waals surface area contributed by atoms with Crippen LogP contribution in [0.1, 0.15) is 80.3 Å². The van der Waals surface area contributed by atoms with Gasteiger partial charge in [0.15, 0.2) is 0 Å². The minimum Gasteiger partial charge on any atom is -0.0416 e. The number of hydrogen-bond donors (Lipinski definition) is 0. The van der Waals surface area contributed by atoms with E-state index in [2.05, 4.69) is 0 Å². The lowest BCUT2D eigenvalue weighted by Gasteiger charge is -2.29. The van der Waals surface area contributed by atoms with Crippen LogP contribution in [0.25, 0.3) is 97.0 Å². The van der Waals surface area contributed by atoms with Gasteiger partial charge >= 0.3 is 0 Å². The SMILES string of the molecule is C1CC2c3c4c1c1c5c6c(c7c8c9c(c%10c%11c%12c(c%13c%14c(c3c3c(c45)c(c68)c(c%119)c3c%14%12)C2CC%13)CC%10)CC7)CC1. The molecule has 0 aliphatic heterocycles. The summed E-state index contributed by atoms with van der Waals surface area (Å²) < 4.78 is 0. The maximum absolute atomic E-state index is 1.86. The predicted octanol–water partition coefficient (Wildman–Crippen LogP) is 9.50. The van der Waals surface area contributed by atoms with Gasteiger partial charge in [0.05, 0.1) is 0 Å². The zero-order chi connectivity index (χ0) is 24.4. The van der Waals surface area contributed by atoms with Crippen LogP contribution in [0.15, 0.2) is 0 Å². The molecule has 0 nitrogen and oxygen atoms in total. The summed E-state index contributed by atoms with van der Waals surface area (Å²) in [7, 11) is 0. The predicted molar refractivity (Wildman–Crippen MR) is 167 cm³/mol. The van der Waals surface area contributed by atoms with Crippen molar-refractivity contribution in [2.75, 3.05) is 0 Å². The van der Waals surface area contributed by atoms with E-state index in [4.69, 9.17) is 0 Å². The zero-order valence-electron chi connectivity index (χ0n) is 22.2. The van der Waals surface area contributed by atoms with Crippen molar-refractivity contribution >= 4 is 97.0 Å². The summed E-state index contributed by atoms with van der Waals surface area (Å²) in [4.78, 5) is 0. The van der Waals surface area contributed by atoms with Gasteiger partial charge in [0.25, 0.3) is 0 Å². The molecule has 0 saturated carbocycles. The van der Waals surface area contributed by atoms with Gasteiger partial charge in [-0.15, -0.1) is 0 Å². The van der Waals surface area contributed by atoms with Crippen LogP contribution in [0.4, 0.5) is 0 Å². The highest BCUT2D eigenvalue weighted by molar-refractivity contribution is 6.61. The van der Waals surface area contributed by atoms with E-state index in [0.29, 0.717) is 0 Å². The third kappa shape index (κ3) is 1.16. The molecule has 2 unspecified atom stereocenters. The molecule has 0 fully saturated rings. The lowest BCUT2D eigenvalue weighted by Crippen LogP contribution is -2.15. The molecule has 182 valence electrons. The van der Waals surface area contributed by atoms with Gasteiger partial charge in [-0.1, -0.05) is 0 Å². The first kappa shape index (κ1) is 17.2. The Bertz CT molecular complexity index is 2760. The van der Waals surface area contributed by atoms with Crippen LogP contribution >= 0.6 is 0 Å². The Morgan fingerprint density at radius 1 is 0.225 bits per heavy atom. The molecule has 0 heteroatoms. The fourth-order valence-corrected chi connectivity index (χ4v) is 14.1. The quantitative estimate of drug-likeness (QED) is 0.181. The molecule has 40 heavy (non-hydrogen) atoms. The van der Waals surface area contributed by atoms with E-state index in [1.54, 1.807) is 130 Å². The van der Waals surface area contributed by atoms with Gasteiger partial charge in [0.2, 0.25) is 0 Å². The average molecular weight is 503 g/mol. The summed E-state index contributed by atoms with van der Waals surface area (Å²) in [6.07, 6.45) is 13.2. The van der Waals surface area contributed by atoms with Gasteiger partial charge in [-0.2, -0.15) is 0 Å². The summed E-state index contributed by atoms with van der Waals surface area (Å²) in [5.41, 5.74) is 18.1. The molecule has 10 aromatic carbocycles. The zero-order valence-corrected chi connectivity index (χ0v) is 22.2. The Morgan fingerprint density at radius 2 is 0.475 bits per heavy atom. The topological polar surface area (TPSA) is 0 Å². The van der Waals surface area contributed by atoms with Crippen molar-refractivity contribution in [2.45, 2.75) is 76.0 Å². The largest absolute Gasteiger partial charge is 0.0416 e. The Labute approximate surface area is 228 Å². The summed E-state index contributed by atoms with van der Waals surface area (Å²) in [6, 6.07) is 0. The fraction of sp³-hybridized carbons (Fsp3) is 0.300. The number of fused-ring (bicyclic) bond motifs is 5. The summed E-state index contributed by atoms with van der Waals surface area (Å²) in [5, 5.41) is 31.6. The van der Waals surface area contributed by atoms with Gasteiger partial charge in [-0.05, 0) is 229 Å². The standard InChI is InChI=1S/C40H22/c1-2-12-14-5-6-16-18-9-10-20-19-8-7-17-15-4-3-13-11(1)21-22(12)32-24(14)26(16)34-29(18)30(20)35-28(19)27(17)33-25(15)23(13)31(21)36-37(32)39(34)40(35)38(33)36/h11,13H,1-10H2. The van der Waals surface area contributed by atoms with Crippen molar-refractivity contribution in [1.29, 1.82) is 0 Å². The lowest BCUT2D eigenvalue weighted by molar-refractivity contribution is 0.488. The van der Waals surface area contributed by atoms with Crippen LogP contribution in [0.3, 0.4) is 0 Å². The molecule has 0 heterocycles. The molecule has 0 saturated heterocycles. The van der Waals surface area contributed by atoms with Gasteiger partial charge in [-0.3, -0.25) is 0 Å². The number of rotatable bonds is 0. The Kier molecular flexibility index (Phi) is 1.94. The Balaban J connectivity index is 1.49. The first-order valence-electron chi connectivity index (χ1n) is 16.3. The first-order chi connectivity index (χ1) is 19.9. The second-order valence-electron chi connectivity index (χ2n) is 15.2. The van der Waals surface area contributed by atoms with E-state index < -0.39 is 0 Å². The van der Waals surface area contributed by atoms with Crippen molar-refractivity contribution in [2.24, 2.45) is 0 Å². The third-order valence-electron chi connectivity index (χ3n) is 14.7. The van der Waals surface area contributed by atoms with Crippen molar-refractivity contribution in [3.8, 4) is 0 Å². The Hall–Kier alpha value is -3.64. The third-order valence-corrected chi connectivity index (χ3v) is 14.7. The highest BCUT2D eigenvalue weighted by atomic mass is 14.5. The summed E-state index contributed by atoms with van der Waals surface area (Å²) in [6.45, 7) is 0. The summed E-state index contributed by atoms with van der Waals surface area (Å²) in [5.74, 6) is 1.54. The normalized spacial score (nSPS) is 24.0. The van der Waals surface area contributed by atoms with E-state index in [1.165, 1.54) is 64.2 Å². The van der Waals surface area contributed by atoms with E-state index in [0.717, 1.165) is 11.8 Å². The molecule has 2 atom stereocenters. The van der Waals surface area contributed by atoms with Crippen LogP contribution < -0.4 is 0 Å². The van der Waals surface area contributed by atoms with Crippen LogP contribution in [0.2, 0.25) is 0 Å². The number of benzene rings is 5. The summed E-state index contributed by atoms with van der Waals surface area (Å²) >= 11 is 0. The van der Waals surface area contributed by atoms with Gasteiger partial charge in [0.1, 0.15) is 0 Å². The molecule has 0 N–H and O–H groups in total. The van der Waals surface area contributed by atoms with Crippen LogP contribution in [0.5, 0.6) is 0 Å². The molecule has 0 bridgehead atoms. The molecule has 0 aromatic heterocycles. The average Bonchev–Trinajstić information content (AvgIpc) is 3.79. The Morgan fingerprint density at radius 3 is 0.825 bits per heavy atom. The molecule has 0 radical (unpaired) electrons. The molecule has 0 amide bonds. The van der Waals surface area contributed by atoms with Crippen LogP contribution in [-0.4, -0.2) is 0 Å². The van der Waals surface area contributed by atoms with Crippen LogP contribution in [-0.2, 0) is 51.4 Å². The molecule has 0 spiro atoms. The second-order valence-corrected chi connectivity index (χ2v) is 15.2. The fourth-order valence-electron chi connectivity index (χ4n) is 14.1. The lowest BCUT2D eigenvalue weighted by atomic mass is 9.74. The van der Waals surface area contributed by atoms with Gasteiger partial charge in [-0.25, -0.2) is 0 Å². The van der Waals surface area contributed by atoms with Crippen molar-refractivity contribution in [3.63, 3.8) is 0 Å². The smallest absolute Gasteiger partial charge is 0.0000263 e. The maximum Gasteiger partial charge on any atom is -0.0000263 e. The van der Waals surface area contributed by atoms with Gasteiger partial charge < -0.3 is 0 Å². The minimum atomic E-state index is 0.770. The van der Waals surface area contributed by atoms with E-state index in [1.807, 2.05) is 22.3 Å². The molecule has 6 aliphatic carbocycles. The van der Waals surface area contributed by atoms with Crippen LogP contribution in [0, 0.1) is 0 Å². The monoisotopic (exact) mass is 502 g/mol. The number of aryl methyl sites for hydroxylation is 8. The van der Waals surface area contributed by atoms with Crippen molar-refractivity contribution in [1.82, 2.24) is 0 Å². The minimum absolute atomic E-state index is 0.770. The van der Waals surface area contributed by atoms with E-state index in [9.17, 15) is 0 Å². The molecule has 6 aliphatic rings. The molecule has 10 aromatic rings. The first-order valence-corrected chi connectivity index (χ1v) is 16.3. The number of hydrogen-bond acceptors (Lipinski definition) is 0.